The summed E-state index contributed by atoms with van der Waals surface area (Å²) in [5.74, 6) is 0.403. The number of nitrogens with two attached hydrogens (primary N) is 1. The molecule has 0 saturated carbocycles. The molecular weight excluding hydrogens is 205 g/mol. The molecule has 0 aliphatic rings. The molecule has 0 spiro atoms. The van der Waals surface area contributed by atoms with Gasteiger partial charge in [0.2, 0.25) is 0 Å². The van der Waals surface area contributed by atoms with Gasteiger partial charge in [0.05, 0.1) is 12.0 Å². The molecule has 0 amide bonds. The van der Waals surface area contributed by atoms with Crippen molar-refractivity contribution in [2.75, 3.05) is 5.73 Å². The minimum Gasteiger partial charge on any atom is -0.462 e. The van der Waals surface area contributed by atoms with Crippen molar-refractivity contribution in [3.8, 4) is 0 Å². The standard InChI is InChI=1S/C12H14NOP/c1-7(2)9-6-10(15-3)8-4-5-14-12(8)11(9)13/h4-7H,3,13H2,1-2H3. The molecule has 2 nitrogen and oxygen atoms in total. The molecular formula is C12H14NOP. The first-order valence-electron chi connectivity index (χ1n) is 4.91. The third kappa shape index (κ3) is 1.55. The number of hydrogen-bond donors (Lipinski definition) is 1. The van der Waals surface area contributed by atoms with Crippen molar-refractivity contribution >= 4 is 36.5 Å². The van der Waals surface area contributed by atoms with Crippen molar-refractivity contribution in [2.24, 2.45) is 0 Å². The van der Waals surface area contributed by atoms with Crippen molar-refractivity contribution in [3.05, 3.63) is 24.0 Å². The van der Waals surface area contributed by atoms with Crippen LogP contribution in [0.3, 0.4) is 0 Å². The summed E-state index contributed by atoms with van der Waals surface area (Å²) in [7, 11) is 0.999. The fraction of sp³-hybridized carbons (Fsp3) is 0.250. The summed E-state index contributed by atoms with van der Waals surface area (Å²) < 4.78 is 5.42. The molecule has 0 aliphatic carbocycles. The summed E-state index contributed by atoms with van der Waals surface area (Å²) in [5, 5.41) is 2.25. The van der Waals surface area contributed by atoms with Gasteiger partial charge in [0.25, 0.3) is 0 Å². The lowest BCUT2D eigenvalue weighted by molar-refractivity contribution is 0.616. The zero-order valence-electron chi connectivity index (χ0n) is 8.95. The second-order valence-corrected chi connectivity index (χ2v) is 4.67. The predicted octanol–water partition coefficient (Wildman–Crippen LogP) is 3.14. The number of benzene rings is 1. The van der Waals surface area contributed by atoms with Gasteiger partial charge >= 0.3 is 0 Å². The van der Waals surface area contributed by atoms with E-state index < -0.39 is 0 Å². The maximum absolute atomic E-state index is 6.07. The molecule has 3 heteroatoms. The quantitative estimate of drug-likeness (QED) is 0.622. The van der Waals surface area contributed by atoms with Gasteiger partial charge in [-0.25, -0.2) is 0 Å². The van der Waals surface area contributed by atoms with Gasteiger partial charge in [0, 0.05) is 10.7 Å². The van der Waals surface area contributed by atoms with E-state index in [-0.39, 0.29) is 0 Å². The van der Waals surface area contributed by atoms with Crippen LogP contribution in [0.15, 0.2) is 22.8 Å². The second-order valence-electron chi connectivity index (χ2n) is 3.87. The molecule has 0 unspecified atom stereocenters. The Morgan fingerprint density at radius 3 is 2.80 bits per heavy atom. The number of fused-ring (bicyclic) bond motifs is 1. The summed E-state index contributed by atoms with van der Waals surface area (Å²) in [6, 6.07) is 4.08. The molecule has 2 rings (SSSR count). The minimum absolute atomic E-state index is 0.403. The first-order valence-corrected chi connectivity index (χ1v) is 5.99. The Kier molecular flexibility index (Phi) is 2.54. The topological polar surface area (TPSA) is 39.2 Å². The summed E-state index contributed by atoms with van der Waals surface area (Å²) in [6.07, 6.45) is 5.59. The average Bonchev–Trinajstić information content (AvgIpc) is 2.67. The first-order chi connectivity index (χ1) is 7.15. The maximum atomic E-state index is 6.07. The number of furan rings is 1. The predicted molar refractivity (Wildman–Crippen MR) is 68.4 cm³/mol. The lowest BCUT2D eigenvalue weighted by Gasteiger charge is -2.11. The fourth-order valence-electron chi connectivity index (χ4n) is 1.76. The molecule has 0 saturated heterocycles. The van der Waals surface area contributed by atoms with Gasteiger partial charge in [0.1, 0.15) is 0 Å². The van der Waals surface area contributed by atoms with E-state index in [1.54, 1.807) is 6.26 Å². The summed E-state index contributed by atoms with van der Waals surface area (Å²) in [4.78, 5) is 0. The zero-order valence-corrected chi connectivity index (χ0v) is 9.84. The highest BCUT2D eigenvalue weighted by molar-refractivity contribution is 7.46. The van der Waals surface area contributed by atoms with Gasteiger partial charge in [-0.1, -0.05) is 28.4 Å². The van der Waals surface area contributed by atoms with Crippen molar-refractivity contribution in [3.63, 3.8) is 0 Å². The van der Waals surface area contributed by atoms with Crippen LogP contribution >= 0.6 is 8.20 Å². The van der Waals surface area contributed by atoms with Gasteiger partial charge in [-0.05, 0) is 23.6 Å². The van der Waals surface area contributed by atoms with Crippen LogP contribution in [0.25, 0.3) is 11.0 Å². The smallest absolute Gasteiger partial charge is 0.157 e. The molecule has 78 valence electrons. The lowest BCUT2D eigenvalue weighted by atomic mass is 10.00. The third-order valence-electron chi connectivity index (χ3n) is 2.58. The van der Waals surface area contributed by atoms with Crippen molar-refractivity contribution in [1.82, 2.24) is 0 Å². The van der Waals surface area contributed by atoms with Crippen LogP contribution in [-0.2, 0) is 0 Å². The Hall–Kier alpha value is -1.27. The van der Waals surface area contributed by atoms with Crippen molar-refractivity contribution < 1.29 is 4.42 Å². The molecule has 0 aliphatic heterocycles. The lowest BCUT2D eigenvalue weighted by Crippen LogP contribution is -2.03. The number of rotatable bonds is 2. The maximum Gasteiger partial charge on any atom is 0.157 e. The van der Waals surface area contributed by atoms with E-state index in [1.165, 1.54) is 5.30 Å². The Labute approximate surface area is 90.9 Å². The SMILES string of the molecule is C=Pc1cc(C(C)C)c(N)c2occc12. The summed E-state index contributed by atoms with van der Waals surface area (Å²) >= 11 is 0. The average molecular weight is 219 g/mol. The molecule has 1 aromatic carbocycles. The largest absolute Gasteiger partial charge is 0.462 e. The summed E-state index contributed by atoms with van der Waals surface area (Å²) in [5.41, 5.74) is 8.77. The van der Waals surface area contributed by atoms with Crippen LogP contribution in [-0.4, -0.2) is 6.30 Å². The van der Waals surface area contributed by atoms with Crippen molar-refractivity contribution in [1.29, 1.82) is 0 Å². The number of hydrogen-bond acceptors (Lipinski definition) is 2. The molecule has 1 aromatic heterocycles. The second kappa shape index (κ2) is 3.71. The highest BCUT2D eigenvalue weighted by Gasteiger charge is 2.13. The molecule has 2 N–H and O–H groups in total. The van der Waals surface area contributed by atoms with E-state index in [1.807, 2.05) is 6.07 Å². The van der Waals surface area contributed by atoms with Crippen LogP contribution in [0.2, 0.25) is 0 Å². The van der Waals surface area contributed by atoms with E-state index in [0.29, 0.717) is 5.92 Å². The van der Waals surface area contributed by atoms with Gasteiger partial charge in [0.15, 0.2) is 5.58 Å². The van der Waals surface area contributed by atoms with Crippen molar-refractivity contribution in [2.45, 2.75) is 19.8 Å². The van der Waals surface area contributed by atoms with Crippen LogP contribution in [0.4, 0.5) is 5.69 Å². The highest BCUT2D eigenvalue weighted by Crippen LogP contribution is 2.30. The Morgan fingerprint density at radius 1 is 1.47 bits per heavy atom. The molecule has 0 bridgehead atoms. The Morgan fingerprint density at radius 2 is 2.20 bits per heavy atom. The Balaban J connectivity index is 2.84. The van der Waals surface area contributed by atoms with Gasteiger partial charge < -0.3 is 10.2 Å². The van der Waals surface area contributed by atoms with E-state index in [4.69, 9.17) is 10.2 Å². The van der Waals surface area contributed by atoms with Crippen LogP contribution in [0.1, 0.15) is 25.3 Å². The van der Waals surface area contributed by atoms with Gasteiger partial charge in [-0.3, -0.25) is 0 Å². The van der Waals surface area contributed by atoms with E-state index >= 15 is 0 Å². The van der Waals surface area contributed by atoms with Crippen LogP contribution in [0, 0.1) is 0 Å². The molecule has 2 aromatic rings. The van der Waals surface area contributed by atoms with Crippen LogP contribution < -0.4 is 11.0 Å². The van der Waals surface area contributed by atoms with E-state index in [9.17, 15) is 0 Å². The van der Waals surface area contributed by atoms with Crippen LogP contribution in [0.5, 0.6) is 0 Å². The zero-order chi connectivity index (χ0) is 11.0. The minimum atomic E-state index is 0.403. The molecule has 15 heavy (non-hydrogen) atoms. The molecule has 1 heterocycles. The van der Waals surface area contributed by atoms with E-state index in [2.05, 4.69) is 26.2 Å². The molecule has 0 radical (unpaired) electrons. The summed E-state index contributed by atoms with van der Waals surface area (Å²) in [6.45, 7) is 4.26. The highest BCUT2D eigenvalue weighted by atomic mass is 31.1. The third-order valence-corrected chi connectivity index (χ3v) is 3.29. The van der Waals surface area contributed by atoms with Gasteiger partial charge in [-0.15, -0.1) is 0 Å². The molecule has 0 fully saturated rings. The normalized spacial score (nSPS) is 11.7. The van der Waals surface area contributed by atoms with Gasteiger partial charge in [-0.2, -0.15) is 0 Å². The fourth-order valence-corrected chi connectivity index (χ4v) is 2.34. The van der Waals surface area contributed by atoms with E-state index in [0.717, 1.165) is 30.4 Å². The number of nitrogen functional groups attached to an aromatic ring is 1. The Bertz CT molecular complexity index is 514. The molecule has 0 atom stereocenters. The number of anilines is 1. The monoisotopic (exact) mass is 219 g/mol. The first kappa shape index (κ1) is 10.3.